The largest absolute Gasteiger partial charge is 0.337 e. The second kappa shape index (κ2) is 8.89. The number of aryl methyl sites for hydroxylation is 1. The Morgan fingerprint density at radius 3 is 2.61 bits per heavy atom. The normalized spacial score (nSPS) is 16.3. The molecule has 1 atom stereocenters. The summed E-state index contributed by atoms with van der Waals surface area (Å²) in [6.45, 7) is 3.32. The minimum Gasteiger partial charge on any atom is -0.337 e. The number of likely N-dealkylation sites (N-methyl/N-ethyl adjacent to an activating group) is 1. The van der Waals surface area contributed by atoms with Gasteiger partial charge in [0.25, 0.3) is 15.9 Å². The van der Waals surface area contributed by atoms with Gasteiger partial charge in [0.15, 0.2) is 0 Å². The van der Waals surface area contributed by atoms with Gasteiger partial charge in [0.05, 0.1) is 10.6 Å². The van der Waals surface area contributed by atoms with E-state index in [-0.39, 0.29) is 34.9 Å². The topological polar surface area (TPSA) is 78.5 Å². The summed E-state index contributed by atoms with van der Waals surface area (Å²) in [6.07, 6.45) is 0.855. The van der Waals surface area contributed by atoms with E-state index in [1.165, 1.54) is 36.4 Å². The van der Waals surface area contributed by atoms with E-state index in [4.69, 9.17) is 0 Å². The molecule has 1 aliphatic rings. The minimum absolute atomic E-state index is 0. The van der Waals surface area contributed by atoms with Crippen LogP contribution in [-0.4, -0.2) is 45.4 Å². The molecule has 2 aromatic carbocycles. The Hall–Kier alpha value is -2.16. The quantitative estimate of drug-likeness (QED) is 0.769. The van der Waals surface area contributed by atoms with E-state index in [1.54, 1.807) is 24.9 Å². The number of rotatable bonds is 5. The second-order valence-electron chi connectivity index (χ2n) is 6.62. The van der Waals surface area contributed by atoms with Gasteiger partial charge < -0.3 is 10.2 Å². The summed E-state index contributed by atoms with van der Waals surface area (Å²) in [5.41, 5.74) is 0.864. The van der Waals surface area contributed by atoms with Crippen LogP contribution in [0.3, 0.4) is 0 Å². The highest BCUT2D eigenvalue weighted by Crippen LogP contribution is 2.22. The number of nitrogens with zero attached hydrogens (tertiary/aromatic N) is 1. The Morgan fingerprint density at radius 2 is 1.96 bits per heavy atom. The molecule has 1 amide bonds. The molecule has 6 nitrogen and oxygen atoms in total. The van der Waals surface area contributed by atoms with Gasteiger partial charge in [-0.2, -0.15) is 0 Å². The maximum Gasteiger partial charge on any atom is 0.262 e. The number of sulfonamides is 1. The molecule has 152 valence electrons. The van der Waals surface area contributed by atoms with E-state index < -0.39 is 15.8 Å². The number of halogens is 2. The molecule has 0 saturated carbocycles. The van der Waals surface area contributed by atoms with Crippen LogP contribution in [0, 0.1) is 12.7 Å². The zero-order valence-corrected chi connectivity index (χ0v) is 17.2. The molecule has 2 aromatic rings. The molecule has 2 N–H and O–H groups in total. The SMILES string of the molecule is Cc1ccc(S(=O)(=O)Nc2ccccc2F)cc1C(=O)N(C)C1CCNC1.Cl. The molecule has 28 heavy (non-hydrogen) atoms. The maximum absolute atomic E-state index is 13.8. The van der Waals surface area contributed by atoms with E-state index in [2.05, 4.69) is 10.0 Å². The maximum atomic E-state index is 13.8. The number of para-hydroxylation sites is 1. The highest BCUT2D eigenvalue weighted by Gasteiger charge is 2.26. The monoisotopic (exact) mass is 427 g/mol. The van der Waals surface area contributed by atoms with Gasteiger partial charge >= 0.3 is 0 Å². The Kier molecular flexibility index (Phi) is 7.03. The molecule has 0 aliphatic carbocycles. The third-order valence-corrected chi connectivity index (χ3v) is 6.13. The number of hydrogen-bond acceptors (Lipinski definition) is 4. The van der Waals surface area contributed by atoms with Crippen molar-refractivity contribution in [3.8, 4) is 0 Å². The lowest BCUT2D eigenvalue weighted by Gasteiger charge is -2.24. The van der Waals surface area contributed by atoms with Crippen molar-refractivity contribution in [3.05, 3.63) is 59.4 Å². The molecule has 0 aromatic heterocycles. The number of anilines is 1. The Bertz CT molecular complexity index is 963. The van der Waals surface area contributed by atoms with Crippen molar-refractivity contribution in [1.82, 2.24) is 10.2 Å². The van der Waals surface area contributed by atoms with Crippen molar-refractivity contribution in [2.75, 3.05) is 24.9 Å². The summed E-state index contributed by atoms with van der Waals surface area (Å²) in [5.74, 6) is -0.901. The van der Waals surface area contributed by atoms with Crippen LogP contribution in [0.15, 0.2) is 47.4 Å². The number of hydrogen-bond donors (Lipinski definition) is 2. The molecule has 1 fully saturated rings. The third-order valence-electron chi connectivity index (χ3n) is 4.77. The first-order chi connectivity index (χ1) is 12.8. The first-order valence-corrected chi connectivity index (χ1v) is 10.1. The highest BCUT2D eigenvalue weighted by molar-refractivity contribution is 7.92. The third kappa shape index (κ3) is 4.63. The van der Waals surface area contributed by atoms with Crippen LogP contribution < -0.4 is 10.0 Å². The summed E-state index contributed by atoms with van der Waals surface area (Å²) in [5, 5.41) is 3.21. The molecular formula is C19H23ClFN3O3S. The molecule has 0 radical (unpaired) electrons. The number of amides is 1. The van der Waals surface area contributed by atoms with Crippen LogP contribution in [0.1, 0.15) is 22.3 Å². The lowest BCUT2D eigenvalue weighted by molar-refractivity contribution is 0.0743. The van der Waals surface area contributed by atoms with Crippen molar-refractivity contribution in [2.45, 2.75) is 24.3 Å². The predicted octanol–water partition coefficient (Wildman–Crippen LogP) is 2.79. The van der Waals surface area contributed by atoms with Gasteiger partial charge in [-0.05, 0) is 49.7 Å². The van der Waals surface area contributed by atoms with Crippen LogP contribution in [0.4, 0.5) is 10.1 Å². The minimum atomic E-state index is -4.03. The standard InChI is InChI=1S/C19H22FN3O3S.ClH/c1-13-7-8-15(27(25,26)22-18-6-4-3-5-17(18)20)11-16(13)19(24)23(2)14-9-10-21-12-14;/h3-8,11,14,21-22H,9-10,12H2,1-2H3;1H. The molecule has 9 heteroatoms. The van der Waals surface area contributed by atoms with E-state index in [0.29, 0.717) is 17.7 Å². The molecule has 0 bridgehead atoms. The van der Waals surface area contributed by atoms with Crippen molar-refractivity contribution in [2.24, 2.45) is 0 Å². The van der Waals surface area contributed by atoms with Crippen LogP contribution in [-0.2, 0) is 10.0 Å². The Labute approximate surface area is 170 Å². The summed E-state index contributed by atoms with van der Waals surface area (Å²) < 4.78 is 41.3. The van der Waals surface area contributed by atoms with Crippen molar-refractivity contribution >= 4 is 34.0 Å². The van der Waals surface area contributed by atoms with Gasteiger partial charge in [-0.1, -0.05) is 18.2 Å². The number of benzene rings is 2. The number of carbonyl (C=O) groups is 1. The number of carbonyl (C=O) groups excluding carboxylic acids is 1. The summed E-state index contributed by atoms with van der Waals surface area (Å²) in [7, 11) is -2.31. The average Bonchev–Trinajstić information content (AvgIpc) is 3.17. The Balaban J connectivity index is 0.00000280. The van der Waals surface area contributed by atoms with Gasteiger partial charge in [0, 0.05) is 25.2 Å². The van der Waals surface area contributed by atoms with Crippen molar-refractivity contribution in [1.29, 1.82) is 0 Å². The molecule has 1 aliphatic heterocycles. The average molecular weight is 428 g/mol. The van der Waals surface area contributed by atoms with E-state index in [9.17, 15) is 17.6 Å². The summed E-state index contributed by atoms with van der Waals surface area (Å²) in [4.78, 5) is 14.4. The molecule has 3 rings (SSSR count). The van der Waals surface area contributed by atoms with Gasteiger partial charge in [-0.25, -0.2) is 12.8 Å². The van der Waals surface area contributed by atoms with Crippen molar-refractivity contribution in [3.63, 3.8) is 0 Å². The van der Waals surface area contributed by atoms with E-state index in [1.807, 2.05) is 0 Å². The van der Waals surface area contributed by atoms with E-state index in [0.717, 1.165) is 13.0 Å². The molecule has 1 saturated heterocycles. The van der Waals surface area contributed by atoms with Gasteiger partial charge in [-0.15, -0.1) is 12.4 Å². The van der Waals surface area contributed by atoms with Crippen LogP contribution >= 0.6 is 12.4 Å². The first-order valence-electron chi connectivity index (χ1n) is 8.65. The van der Waals surface area contributed by atoms with E-state index >= 15 is 0 Å². The smallest absolute Gasteiger partial charge is 0.262 e. The zero-order valence-electron chi connectivity index (χ0n) is 15.6. The van der Waals surface area contributed by atoms with Crippen molar-refractivity contribution < 1.29 is 17.6 Å². The molecule has 1 heterocycles. The fourth-order valence-electron chi connectivity index (χ4n) is 3.07. The van der Waals surface area contributed by atoms with Crippen LogP contribution in [0.25, 0.3) is 0 Å². The van der Waals surface area contributed by atoms with Gasteiger partial charge in [-0.3, -0.25) is 9.52 Å². The lowest BCUT2D eigenvalue weighted by Crippen LogP contribution is -2.38. The zero-order chi connectivity index (χ0) is 19.6. The molecule has 0 spiro atoms. The lowest BCUT2D eigenvalue weighted by atomic mass is 10.1. The molecule has 1 unspecified atom stereocenters. The summed E-state index contributed by atoms with van der Waals surface area (Å²) >= 11 is 0. The fraction of sp³-hybridized carbons (Fsp3) is 0.316. The van der Waals surface area contributed by atoms with Crippen LogP contribution in [0.5, 0.6) is 0 Å². The summed E-state index contributed by atoms with van der Waals surface area (Å²) in [6, 6.07) is 9.95. The predicted molar refractivity (Wildman–Crippen MR) is 109 cm³/mol. The molecular weight excluding hydrogens is 405 g/mol. The fourth-order valence-corrected chi connectivity index (χ4v) is 4.17. The van der Waals surface area contributed by atoms with Gasteiger partial charge in [0.1, 0.15) is 5.82 Å². The van der Waals surface area contributed by atoms with Crippen LogP contribution in [0.2, 0.25) is 0 Å². The number of nitrogens with one attached hydrogen (secondary N) is 2. The highest BCUT2D eigenvalue weighted by atomic mass is 35.5. The first kappa shape index (κ1) is 22.1. The van der Waals surface area contributed by atoms with Gasteiger partial charge in [0.2, 0.25) is 0 Å². The Morgan fingerprint density at radius 1 is 1.25 bits per heavy atom. The second-order valence-corrected chi connectivity index (χ2v) is 8.31.